The molecule has 2 nitrogen and oxygen atoms in total. The summed E-state index contributed by atoms with van der Waals surface area (Å²) in [6.07, 6.45) is 8.78. The maximum absolute atomic E-state index is 6.02. The molecule has 1 atom stereocenters. The molecule has 0 heterocycles. The average Bonchev–Trinajstić information content (AvgIpc) is 2.75. The number of nitrogens with two attached hydrogens (primary N) is 1. The van der Waals surface area contributed by atoms with E-state index in [4.69, 9.17) is 10.5 Å². The van der Waals surface area contributed by atoms with Crippen LogP contribution in [0.5, 0.6) is 5.75 Å². The van der Waals surface area contributed by atoms with Gasteiger partial charge in [-0.3, -0.25) is 0 Å². The predicted octanol–water partition coefficient (Wildman–Crippen LogP) is 3.76. The van der Waals surface area contributed by atoms with Crippen molar-refractivity contribution in [3.63, 3.8) is 0 Å². The van der Waals surface area contributed by atoms with Crippen molar-refractivity contribution >= 4 is 0 Å². The van der Waals surface area contributed by atoms with Crippen molar-refractivity contribution in [2.24, 2.45) is 5.73 Å². The van der Waals surface area contributed by atoms with Gasteiger partial charge in [-0.25, -0.2) is 0 Å². The van der Waals surface area contributed by atoms with Gasteiger partial charge in [-0.2, -0.15) is 0 Å². The normalized spacial score (nSPS) is 17.5. The number of allylic oxidation sites excluding steroid dienone is 1. The van der Waals surface area contributed by atoms with Gasteiger partial charge in [0.1, 0.15) is 5.75 Å². The SMILES string of the molecule is C=CCCCCCOc1ccc2c(c1)CC[C@H]2N. The summed E-state index contributed by atoms with van der Waals surface area (Å²) in [6, 6.07) is 6.56. The molecule has 1 aromatic carbocycles. The van der Waals surface area contributed by atoms with Crippen LogP contribution in [-0.4, -0.2) is 6.61 Å². The Kier molecular flexibility index (Phi) is 4.82. The van der Waals surface area contributed by atoms with Crippen molar-refractivity contribution in [2.45, 2.75) is 44.6 Å². The van der Waals surface area contributed by atoms with E-state index >= 15 is 0 Å². The quantitative estimate of drug-likeness (QED) is 0.586. The largest absolute Gasteiger partial charge is 0.494 e. The van der Waals surface area contributed by atoms with E-state index in [1.807, 2.05) is 12.1 Å². The molecule has 2 heteroatoms. The van der Waals surface area contributed by atoms with Gasteiger partial charge in [0.05, 0.1) is 6.61 Å². The van der Waals surface area contributed by atoms with Gasteiger partial charge in [0.15, 0.2) is 0 Å². The smallest absolute Gasteiger partial charge is 0.119 e. The third-order valence-corrected chi connectivity index (χ3v) is 3.56. The maximum Gasteiger partial charge on any atom is 0.119 e. The van der Waals surface area contributed by atoms with Gasteiger partial charge in [0.2, 0.25) is 0 Å². The summed E-state index contributed by atoms with van der Waals surface area (Å²) in [5, 5.41) is 0. The highest BCUT2D eigenvalue weighted by Crippen LogP contribution is 2.31. The zero-order valence-corrected chi connectivity index (χ0v) is 11.0. The summed E-state index contributed by atoms with van der Waals surface area (Å²) in [5.41, 5.74) is 8.68. The second-order valence-electron chi connectivity index (χ2n) is 4.99. The van der Waals surface area contributed by atoms with Crippen molar-refractivity contribution in [3.8, 4) is 5.75 Å². The topological polar surface area (TPSA) is 35.2 Å². The molecule has 1 aliphatic carbocycles. The molecule has 0 amide bonds. The molecule has 1 aromatic rings. The molecule has 0 fully saturated rings. The van der Waals surface area contributed by atoms with Crippen molar-refractivity contribution in [1.29, 1.82) is 0 Å². The minimum atomic E-state index is 0.230. The fourth-order valence-electron chi connectivity index (χ4n) is 2.47. The highest BCUT2D eigenvalue weighted by Gasteiger charge is 2.18. The number of ether oxygens (including phenoxy) is 1. The van der Waals surface area contributed by atoms with Crippen LogP contribution in [0.1, 0.15) is 49.3 Å². The minimum Gasteiger partial charge on any atom is -0.494 e. The van der Waals surface area contributed by atoms with Gasteiger partial charge in [-0.1, -0.05) is 12.1 Å². The van der Waals surface area contributed by atoms with E-state index in [2.05, 4.69) is 18.7 Å². The molecular formula is C16H23NO. The fourth-order valence-corrected chi connectivity index (χ4v) is 2.47. The molecule has 2 N–H and O–H groups in total. The van der Waals surface area contributed by atoms with E-state index in [9.17, 15) is 0 Å². The van der Waals surface area contributed by atoms with Crippen molar-refractivity contribution in [2.75, 3.05) is 6.61 Å². The molecule has 0 saturated heterocycles. The van der Waals surface area contributed by atoms with E-state index in [0.717, 1.165) is 38.0 Å². The predicted molar refractivity (Wildman–Crippen MR) is 75.9 cm³/mol. The van der Waals surface area contributed by atoms with Gasteiger partial charge in [0, 0.05) is 6.04 Å². The Morgan fingerprint density at radius 3 is 3.06 bits per heavy atom. The summed E-state index contributed by atoms with van der Waals surface area (Å²) in [6.45, 7) is 4.53. The van der Waals surface area contributed by atoms with Crippen LogP contribution in [0.3, 0.4) is 0 Å². The van der Waals surface area contributed by atoms with Gasteiger partial charge >= 0.3 is 0 Å². The van der Waals surface area contributed by atoms with Crippen LogP contribution < -0.4 is 10.5 Å². The molecule has 0 bridgehead atoms. The van der Waals surface area contributed by atoms with Gasteiger partial charge in [-0.15, -0.1) is 6.58 Å². The first-order valence-electron chi connectivity index (χ1n) is 6.93. The van der Waals surface area contributed by atoms with Gasteiger partial charge < -0.3 is 10.5 Å². The number of rotatable bonds is 7. The lowest BCUT2D eigenvalue weighted by atomic mass is 10.1. The summed E-state index contributed by atoms with van der Waals surface area (Å²) in [4.78, 5) is 0. The van der Waals surface area contributed by atoms with E-state index < -0.39 is 0 Å². The molecule has 0 spiro atoms. The standard InChI is InChI=1S/C16H23NO/c1-2-3-4-5-6-11-18-14-8-9-15-13(12-14)7-10-16(15)17/h2,8-9,12,16H,1,3-7,10-11,17H2/t16-/m1/s1. The fraction of sp³-hybridized carbons (Fsp3) is 0.500. The summed E-state index contributed by atoms with van der Waals surface area (Å²) >= 11 is 0. The van der Waals surface area contributed by atoms with E-state index in [1.165, 1.54) is 24.0 Å². The number of benzene rings is 1. The monoisotopic (exact) mass is 245 g/mol. The Morgan fingerprint density at radius 1 is 1.33 bits per heavy atom. The highest BCUT2D eigenvalue weighted by atomic mass is 16.5. The lowest BCUT2D eigenvalue weighted by Gasteiger charge is -2.09. The Morgan fingerprint density at radius 2 is 2.22 bits per heavy atom. The molecular weight excluding hydrogens is 222 g/mol. The number of hydrogen-bond donors (Lipinski definition) is 1. The zero-order chi connectivity index (χ0) is 12.8. The molecule has 0 aromatic heterocycles. The third-order valence-electron chi connectivity index (χ3n) is 3.56. The van der Waals surface area contributed by atoms with Gasteiger partial charge in [-0.05, 0) is 61.8 Å². The number of hydrogen-bond acceptors (Lipinski definition) is 2. The van der Waals surface area contributed by atoms with Crippen LogP contribution in [0, 0.1) is 0 Å². The number of fused-ring (bicyclic) bond motifs is 1. The molecule has 0 aliphatic heterocycles. The van der Waals surface area contributed by atoms with Crippen molar-refractivity contribution in [3.05, 3.63) is 42.0 Å². The van der Waals surface area contributed by atoms with Crippen molar-refractivity contribution in [1.82, 2.24) is 0 Å². The summed E-state index contributed by atoms with van der Waals surface area (Å²) < 4.78 is 5.78. The molecule has 2 rings (SSSR count). The second kappa shape index (κ2) is 6.60. The van der Waals surface area contributed by atoms with E-state index in [-0.39, 0.29) is 6.04 Å². The third kappa shape index (κ3) is 3.36. The van der Waals surface area contributed by atoms with Crippen LogP contribution in [0.15, 0.2) is 30.9 Å². The first kappa shape index (κ1) is 13.2. The van der Waals surface area contributed by atoms with Crippen LogP contribution in [0.4, 0.5) is 0 Å². The van der Waals surface area contributed by atoms with Crippen LogP contribution >= 0.6 is 0 Å². The van der Waals surface area contributed by atoms with Crippen LogP contribution in [0.25, 0.3) is 0 Å². The lowest BCUT2D eigenvalue weighted by molar-refractivity contribution is 0.305. The lowest BCUT2D eigenvalue weighted by Crippen LogP contribution is -2.05. The van der Waals surface area contributed by atoms with Crippen LogP contribution in [0.2, 0.25) is 0 Å². The average molecular weight is 245 g/mol. The summed E-state index contributed by atoms with van der Waals surface area (Å²) in [7, 11) is 0. The summed E-state index contributed by atoms with van der Waals surface area (Å²) in [5.74, 6) is 0.992. The maximum atomic E-state index is 6.02. The Labute approximate surface area is 110 Å². The molecule has 0 unspecified atom stereocenters. The molecule has 98 valence electrons. The van der Waals surface area contributed by atoms with Gasteiger partial charge in [0.25, 0.3) is 0 Å². The molecule has 0 radical (unpaired) electrons. The Hall–Kier alpha value is -1.28. The number of unbranched alkanes of at least 4 members (excludes halogenated alkanes) is 3. The zero-order valence-electron chi connectivity index (χ0n) is 11.0. The molecule has 0 saturated carbocycles. The van der Waals surface area contributed by atoms with E-state index in [0.29, 0.717) is 0 Å². The van der Waals surface area contributed by atoms with Crippen LogP contribution in [-0.2, 0) is 6.42 Å². The van der Waals surface area contributed by atoms with Crippen molar-refractivity contribution < 1.29 is 4.74 Å². The first-order valence-corrected chi connectivity index (χ1v) is 6.93. The Balaban J connectivity index is 1.75. The minimum absolute atomic E-state index is 0.230. The Bertz CT molecular complexity index is 400. The molecule has 18 heavy (non-hydrogen) atoms. The second-order valence-corrected chi connectivity index (χ2v) is 4.99. The highest BCUT2D eigenvalue weighted by molar-refractivity contribution is 5.40. The molecule has 1 aliphatic rings. The number of aryl methyl sites for hydroxylation is 1. The first-order chi connectivity index (χ1) is 8.81. The van der Waals surface area contributed by atoms with E-state index in [1.54, 1.807) is 0 Å².